The molecule has 4 aromatic rings. The topological polar surface area (TPSA) is 54.3 Å². The van der Waals surface area contributed by atoms with E-state index >= 15 is 0 Å². The van der Waals surface area contributed by atoms with Crippen LogP contribution in [0.25, 0.3) is 21.3 Å². The van der Waals surface area contributed by atoms with Crippen LogP contribution < -0.4 is 9.80 Å². The summed E-state index contributed by atoms with van der Waals surface area (Å²) in [5.41, 5.74) is 2.41. The Morgan fingerprint density at radius 3 is 2.87 bits per heavy atom. The number of aromatic nitrogens is 3. The second-order valence-electron chi connectivity index (χ2n) is 7.91. The molecule has 0 aliphatic carbocycles. The van der Waals surface area contributed by atoms with Gasteiger partial charge in [-0.3, -0.25) is 9.69 Å². The molecule has 1 unspecified atom stereocenters. The van der Waals surface area contributed by atoms with Crippen molar-refractivity contribution in [3.63, 3.8) is 0 Å². The highest BCUT2D eigenvalue weighted by Gasteiger charge is 2.35. The molecule has 4 heterocycles. The summed E-state index contributed by atoms with van der Waals surface area (Å²) in [5, 5.41) is 0.793. The Morgan fingerprint density at radius 1 is 1.07 bits per heavy atom. The third-order valence-electron chi connectivity index (χ3n) is 6.09. The zero-order valence-corrected chi connectivity index (χ0v) is 17.1. The van der Waals surface area contributed by atoms with Gasteiger partial charge < -0.3 is 9.47 Å². The molecule has 6 rings (SSSR count). The molecule has 2 aliphatic rings. The molecule has 0 N–H and O–H groups in total. The number of halogens is 1. The van der Waals surface area contributed by atoms with Crippen LogP contribution in [0.1, 0.15) is 12.8 Å². The Morgan fingerprint density at radius 2 is 1.97 bits per heavy atom. The first-order valence-corrected chi connectivity index (χ1v) is 11.1. The zero-order chi connectivity index (χ0) is 20.2. The van der Waals surface area contributed by atoms with Crippen molar-refractivity contribution in [2.24, 2.45) is 5.92 Å². The molecule has 0 radical (unpaired) electrons. The molecular formula is C22H20FN5OS. The number of carbonyl (C=O) groups is 1. The number of fused-ring (bicyclic) bond motifs is 4. The van der Waals surface area contributed by atoms with Crippen LogP contribution in [-0.4, -0.2) is 40.1 Å². The quantitative estimate of drug-likeness (QED) is 0.490. The third-order valence-corrected chi connectivity index (χ3v) is 7.17. The van der Waals surface area contributed by atoms with Crippen molar-refractivity contribution in [3.8, 4) is 0 Å². The van der Waals surface area contributed by atoms with E-state index in [0.29, 0.717) is 18.6 Å². The number of hydrogen-bond donors (Lipinski definition) is 0. The van der Waals surface area contributed by atoms with Gasteiger partial charge >= 0.3 is 0 Å². The first kappa shape index (κ1) is 17.8. The summed E-state index contributed by atoms with van der Waals surface area (Å²) in [7, 11) is 0. The van der Waals surface area contributed by atoms with Gasteiger partial charge in [-0.25, -0.2) is 14.4 Å². The van der Waals surface area contributed by atoms with Gasteiger partial charge in [-0.1, -0.05) is 29.5 Å². The Labute approximate surface area is 176 Å². The Bertz CT molecular complexity index is 1280. The van der Waals surface area contributed by atoms with Crippen molar-refractivity contribution in [3.05, 3.63) is 48.3 Å². The van der Waals surface area contributed by atoms with Gasteiger partial charge in [-0.15, -0.1) is 0 Å². The van der Waals surface area contributed by atoms with E-state index in [9.17, 15) is 9.18 Å². The van der Waals surface area contributed by atoms with Gasteiger partial charge in [-0.05, 0) is 37.1 Å². The highest BCUT2D eigenvalue weighted by molar-refractivity contribution is 7.22. The maximum Gasteiger partial charge on any atom is 0.234 e. The van der Waals surface area contributed by atoms with E-state index in [1.54, 1.807) is 6.07 Å². The van der Waals surface area contributed by atoms with E-state index in [0.717, 1.165) is 52.7 Å². The normalized spacial score (nSPS) is 19.0. The fourth-order valence-electron chi connectivity index (χ4n) is 4.61. The Hall–Kier alpha value is -3.00. The lowest BCUT2D eigenvalue weighted by Crippen LogP contribution is -2.44. The lowest BCUT2D eigenvalue weighted by Gasteiger charge is -2.33. The fraction of sp³-hybridized carbons (Fsp3) is 0.318. The molecule has 1 saturated heterocycles. The van der Waals surface area contributed by atoms with Gasteiger partial charge in [0.25, 0.3) is 0 Å². The predicted molar refractivity (Wildman–Crippen MR) is 117 cm³/mol. The molecule has 0 spiro atoms. The van der Waals surface area contributed by atoms with Crippen LogP contribution in [0.15, 0.2) is 42.5 Å². The smallest absolute Gasteiger partial charge is 0.234 e. The molecule has 8 heteroatoms. The first-order valence-electron chi connectivity index (χ1n) is 10.3. The molecule has 0 saturated carbocycles. The summed E-state index contributed by atoms with van der Waals surface area (Å²) >= 11 is 1.49. The molecule has 6 nitrogen and oxygen atoms in total. The summed E-state index contributed by atoms with van der Waals surface area (Å²) in [6.07, 6.45) is 1.77. The summed E-state index contributed by atoms with van der Waals surface area (Å²) < 4.78 is 17.0. The van der Waals surface area contributed by atoms with Crippen molar-refractivity contribution < 1.29 is 9.18 Å². The minimum Gasteiger partial charge on any atom is -0.347 e. The number of anilines is 2. The third kappa shape index (κ3) is 2.70. The van der Waals surface area contributed by atoms with Gasteiger partial charge in [-0.2, -0.15) is 0 Å². The maximum absolute atomic E-state index is 14.1. The van der Waals surface area contributed by atoms with Crippen LogP contribution in [0.5, 0.6) is 0 Å². The van der Waals surface area contributed by atoms with Crippen molar-refractivity contribution in [1.82, 2.24) is 14.5 Å². The van der Waals surface area contributed by atoms with Crippen LogP contribution in [-0.2, 0) is 11.3 Å². The lowest BCUT2D eigenvalue weighted by atomic mass is 9.97. The summed E-state index contributed by atoms with van der Waals surface area (Å²) in [4.78, 5) is 26.6. The van der Waals surface area contributed by atoms with Crippen LogP contribution in [0, 0.1) is 11.7 Å². The van der Waals surface area contributed by atoms with E-state index in [2.05, 4.69) is 20.5 Å². The van der Waals surface area contributed by atoms with Crippen LogP contribution >= 0.6 is 11.3 Å². The molecule has 2 aromatic carbocycles. The number of imidazole rings is 1. The highest BCUT2D eigenvalue weighted by Crippen LogP contribution is 2.34. The molecule has 1 amide bonds. The average molecular weight is 422 g/mol. The molecule has 2 aliphatic heterocycles. The van der Waals surface area contributed by atoms with E-state index in [1.807, 2.05) is 29.2 Å². The number of thiazole rings is 1. The second-order valence-corrected chi connectivity index (χ2v) is 8.92. The summed E-state index contributed by atoms with van der Waals surface area (Å²) in [5.74, 6) is 0.471. The standard InChI is InChI=1S/C22H20FN5OS/c23-15-6-3-9-18-19(15)25-22(30-18)26-10-4-5-14(13-26)20(29)28-12-11-27-17-8-2-1-7-16(17)24-21(27)28/h1-3,6-9,14H,4-5,10-13H2. The Balaban J connectivity index is 1.26. The average Bonchev–Trinajstić information content (AvgIpc) is 3.47. The fourth-order valence-corrected chi connectivity index (χ4v) is 5.62. The zero-order valence-electron chi connectivity index (χ0n) is 16.3. The van der Waals surface area contributed by atoms with Crippen molar-refractivity contribution in [2.75, 3.05) is 29.4 Å². The predicted octanol–water partition coefficient (Wildman–Crippen LogP) is 4.05. The molecule has 0 bridgehead atoms. The van der Waals surface area contributed by atoms with Crippen LogP contribution in [0.2, 0.25) is 0 Å². The largest absolute Gasteiger partial charge is 0.347 e. The number of benzene rings is 2. The van der Waals surface area contributed by atoms with E-state index in [4.69, 9.17) is 4.98 Å². The van der Waals surface area contributed by atoms with Crippen molar-refractivity contribution in [2.45, 2.75) is 19.4 Å². The van der Waals surface area contributed by atoms with Gasteiger partial charge in [0.1, 0.15) is 11.3 Å². The minimum absolute atomic E-state index is 0.109. The van der Waals surface area contributed by atoms with Gasteiger partial charge in [0.05, 0.1) is 21.7 Å². The first-order chi connectivity index (χ1) is 14.7. The van der Waals surface area contributed by atoms with Crippen LogP contribution in [0.4, 0.5) is 15.5 Å². The highest BCUT2D eigenvalue weighted by atomic mass is 32.1. The van der Waals surface area contributed by atoms with Gasteiger partial charge in [0.15, 0.2) is 5.13 Å². The summed E-state index contributed by atoms with van der Waals surface area (Å²) in [6, 6.07) is 13.0. The molecule has 1 atom stereocenters. The number of nitrogens with zero attached hydrogens (tertiary/aromatic N) is 5. The second kappa shape index (κ2) is 6.77. The van der Waals surface area contributed by atoms with Crippen molar-refractivity contribution >= 4 is 49.6 Å². The molecule has 152 valence electrons. The van der Waals surface area contributed by atoms with E-state index in [1.165, 1.54) is 17.4 Å². The number of piperidine rings is 1. The molecule has 2 aromatic heterocycles. The van der Waals surface area contributed by atoms with Gasteiger partial charge in [0, 0.05) is 26.2 Å². The molecule has 30 heavy (non-hydrogen) atoms. The van der Waals surface area contributed by atoms with E-state index in [-0.39, 0.29) is 17.6 Å². The maximum atomic E-state index is 14.1. The number of hydrogen-bond acceptors (Lipinski definition) is 5. The lowest BCUT2D eigenvalue weighted by molar-refractivity contribution is -0.122. The molecule has 1 fully saturated rings. The number of rotatable bonds is 2. The molecular weight excluding hydrogens is 401 g/mol. The Kier molecular flexibility index (Phi) is 4.02. The monoisotopic (exact) mass is 421 g/mol. The number of amides is 1. The van der Waals surface area contributed by atoms with Crippen LogP contribution in [0.3, 0.4) is 0 Å². The SMILES string of the molecule is O=C(C1CCCN(c2nc3c(F)cccc3s2)C1)N1CCn2c1nc1ccccc12. The van der Waals surface area contributed by atoms with E-state index < -0.39 is 0 Å². The van der Waals surface area contributed by atoms with Crippen molar-refractivity contribution in [1.29, 1.82) is 0 Å². The summed E-state index contributed by atoms with van der Waals surface area (Å²) in [6.45, 7) is 2.88. The van der Waals surface area contributed by atoms with Gasteiger partial charge in [0.2, 0.25) is 11.9 Å². The number of carbonyl (C=O) groups excluding carboxylic acids is 1. The minimum atomic E-state index is -0.296. The number of para-hydroxylation sites is 3.